The molecule has 0 aromatic rings. The number of aliphatic carboxylic acids is 1. The summed E-state index contributed by atoms with van der Waals surface area (Å²) in [5.74, 6) is 0.0652. The molecule has 0 aliphatic heterocycles. The number of carbonyl (C=O) groups is 1. The molecule has 1 atom stereocenters. The third-order valence-corrected chi connectivity index (χ3v) is 1.97. The molecule has 0 radical (unpaired) electrons. The van der Waals surface area contributed by atoms with Crippen LogP contribution in [0.25, 0.3) is 0 Å². The van der Waals surface area contributed by atoms with Gasteiger partial charge in [0.1, 0.15) is 6.04 Å². The van der Waals surface area contributed by atoms with Crippen LogP contribution in [0, 0.1) is 0 Å². The minimum atomic E-state index is -0.794. The summed E-state index contributed by atoms with van der Waals surface area (Å²) in [6.07, 6.45) is 2.61. The molecule has 0 aliphatic rings. The van der Waals surface area contributed by atoms with Crippen LogP contribution < -0.4 is 5.43 Å². The van der Waals surface area contributed by atoms with Crippen LogP contribution in [-0.2, 0) is 4.79 Å². The maximum absolute atomic E-state index is 10.6. The van der Waals surface area contributed by atoms with Crippen molar-refractivity contribution in [3.8, 4) is 0 Å². The number of hydrogen-bond donors (Lipinski definition) is 2. The molecule has 0 aliphatic carbocycles. The normalized spacial score (nSPS) is 13.3. The van der Waals surface area contributed by atoms with Gasteiger partial charge in [-0.05, 0) is 18.4 Å². The summed E-state index contributed by atoms with van der Waals surface area (Å²) < 4.78 is 0. The van der Waals surface area contributed by atoms with Gasteiger partial charge in [-0.15, -0.1) is 0 Å². The number of rotatable bonds is 6. The Hall–Kier alpha value is -0.260. The number of nitrogens with one attached hydrogen (secondary N) is 1. The van der Waals surface area contributed by atoms with Crippen molar-refractivity contribution in [3.05, 3.63) is 0 Å². The molecule has 2 N–H and O–H groups in total. The van der Waals surface area contributed by atoms with Gasteiger partial charge in [0.05, 0.1) is 0 Å². The lowest BCUT2D eigenvalue weighted by molar-refractivity contribution is -0.140. The topological polar surface area (TPSA) is 52.6 Å². The number of carboxylic acids is 1. The third-order valence-electron chi connectivity index (χ3n) is 1.32. The molecule has 0 amide bonds. The van der Waals surface area contributed by atoms with Crippen molar-refractivity contribution in [1.29, 1.82) is 0 Å². The quantitative estimate of drug-likeness (QED) is 0.591. The van der Waals surface area contributed by atoms with Crippen LogP contribution in [-0.4, -0.2) is 48.2 Å². The largest absolute Gasteiger partial charge is 0.480 e. The Balaban J connectivity index is 3.78. The van der Waals surface area contributed by atoms with E-state index in [1.165, 1.54) is 0 Å². The zero-order chi connectivity index (χ0) is 9.56. The zero-order valence-electron chi connectivity index (χ0n) is 7.70. The van der Waals surface area contributed by atoms with Crippen LogP contribution in [0.3, 0.4) is 0 Å². The molecule has 0 saturated heterocycles. The molecule has 0 bridgehead atoms. The van der Waals surface area contributed by atoms with Gasteiger partial charge in [-0.25, -0.2) is 10.4 Å². The maximum atomic E-state index is 10.6. The lowest BCUT2D eigenvalue weighted by atomic mass is 10.2. The highest BCUT2D eigenvalue weighted by Gasteiger charge is 2.16. The summed E-state index contributed by atoms with van der Waals surface area (Å²) in [6, 6.07) is -0.465. The first kappa shape index (κ1) is 11.7. The average Bonchev–Trinajstić information content (AvgIpc) is 1.96. The van der Waals surface area contributed by atoms with Gasteiger partial charge in [0.15, 0.2) is 0 Å². The molecule has 0 heterocycles. The van der Waals surface area contributed by atoms with Gasteiger partial charge in [0.2, 0.25) is 0 Å². The third kappa shape index (κ3) is 5.40. The molecule has 0 fully saturated rings. The van der Waals surface area contributed by atoms with Crippen molar-refractivity contribution in [3.63, 3.8) is 0 Å². The molecule has 4 nitrogen and oxygen atoms in total. The Labute approximate surface area is 77.3 Å². The minimum absolute atomic E-state index is 0.465. The standard InChI is InChI=1S/C7H16N2O2S/c1-9(2)8-6(7(10)11)4-5-12-3/h6,8H,4-5H2,1-3H3,(H,10,11)/t6-/m0/s1. The predicted molar refractivity (Wildman–Crippen MR) is 51.2 cm³/mol. The second-order valence-corrected chi connectivity index (χ2v) is 3.68. The van der Waals surface area contributed by atoms with Crippen LogP contribution in [0.5, 0.6) is 0 Å². The second kappa shape index (κ2) is 6.28. The van der Waals surface area contributed by atoms with E-state index in [0.29, 0.717) is 6.42 Å². The van der Waals surface area contributed by atoms with Crippen molar-refractivity contribution in [1.82, 2.24) is 10.4 Å². The van der Waals surface area contributed by atoms with Gasteiger partial charge < -0.3 is 5.11 Å². The summed E-state index contributed by atoms with van der Waals surface area (Å²) in [5, 5.41) is 10.4. The molecular formula is C7H16N2O2S. The number of thioether (sulfide) groups is 1. The molecule has 12 heavy (non-hydrogen) atoms. The number of nitrogens with zero attached hydrogens (tertiary/aromatic N) is 1. The Morgan fingerprint density at radius 1 is 1.67 bits per heavy atom. The Kier molecular flexibility index (Phi) is 6.14. The second-order valence-electron chi connectivity index (χ2n) is 2.70. The Morgan fingerprint density at radius 3 is 2.58 bits per heavy atom. The van der Waals surface area contributed by atoms with Crippen LogP contribution >= 0.6 is 11.8 Å². The van der Waals surface area contributed by atoms with Crippen molar-refractivity contribution >= 4 is 17.7 Å². The van der Waals surface area contributed by atoms with E-state index < -0.39 is 12.0 Å². The van der Waals surface area contributed by atoms with E-state index in [4.69, 9.17) is 5.11 Å². The first-order valence-corrected chi connectivity index (χ1v) is 5.12. The van der Waals surface area contributed by atoms with Gasteiger partial charge >= 0.3 is 5.97 Å². The van der Waals surface area contributed by atoms with E-state index in [-0.39, 0.29) is 0 Å². The highest BCUT2D eigenvalue weighted by atomic mass is 32.2. The lowest BCUT2D eigenvalue weighted by Crippen LogP contribution is -2.44. The van der Waals surface area contributed by atoms with Gasteiger partial charge in [-0.2, -0.15) is 11.8 Å². The molecule has 0 aromatic carbocycles. The molecule has 0 rings (SSSR count). The minimum Gasteiger partial charge on any atom is -0.480 e. The summed E-state index contributed by atoms with van der Waals surface area (Å²) >= 11 is 1.65. The van der Waals surface area contributed by atoms with Gasteiger partial charge in [-0.1, -0.05) is 0 Å². The SMILES string of the molecule is CSCC[C@H](NN(C)C)C(=O)O. The van der Waals surface area contributed by atoms with E-state index >= 15 is 0 Å². The summed E-state index contributed by atoms with van der Waals surface area (Å²) in [5.41, 5.74) is 2.83. The van der Waals surface area contributed by atoms with Crippen LogP contribution in [0.2, 0.25) is 0 Å². The van der Waals surface area contributed by atoms with Crippen molar-refractivity contribution in [2.45, 2.75) is 12.5 Å². The van der Waals surface area contributed by atoms with E-state index in [1.807, 2.05) is 6.26 Å². The number of hydrazine groups is 1. The highest BCUT2D eigenvalue weighted by Crippen LogP contribution is 2.00. The van der Waals surface area contributed by atoms with Gasteiger partial charge in [-0.3, -0.25) is 4.79 Å². The molecule has 0 spiro atoms. The Morgan fingerprint density at radius 2 is 2.25 bits per heavy atom. The molecule has 5 heteroatoms. The predicted octanol–water partition coefficient (Wildman–Crippen LogP) is 0.259. The van der Waals surface area contributed by atoms with Crippen LogP contribution in [0.1, 0.15) is 6.42 Å². The molecule has 0 saturated carbocycles. The molecule has 0 aromatic heterocycles. The smallest absolute Gasteiger partial charge is 0.322 e. The molecular weight excluding hydrogens is 176 g/mol. The van der Waals surface area contributed by atoms with E-state index in [1.54, 1.807) is 30.9 Å². The van der Waals surface area contributed by atoms with Gasteiger partial charge in [0, 0.05) is 14.1 Å². The fourth-order valence-corrected chi connectivity index (χ4v) is 1.26. The molecule has 72 valence electrons. The summed E-state index contributed by atoms with van der Waals surface area (Å²) in [6.45, 7) is 0. The van der Waals surface area contributed by atoms with Crippen molar-refractivity contribution in [2.75, 3.05) is 26.1 Å². The molecule has 0 unspecified atom stereocenters. The summed E-state index contributed by atoms with van der Waals surface area (Å²) in [7, 11) is 3.57. The van der Waals surface area contributed by atoms with Gasteiger partial charge in [0.25, 0.3) is 0 Å². The lowest BCUT2D eigenvalue weighted by Gasteiger charge is -2.18. The average molecular weight is 192 g/mol. The zero-order valence-corrected chi connectivity index (χ0v) is 8.52. The Bertz CT molecular complexity index is 141. The monoisotopic (exact) mass is 192 g/mol. The first-order valence-electron chi connectivity index (χ1n) is 3.73. The number of carboxylic acid groups (broad SMARTS) is 1. The van der Waals surface area contributed by atoms with E-state index in [9.17, 15) is 4.79 Å². The van der Waals surface area contributed by atoms with E-state index in [0.717, 1.165) is 5.75 Å². The fraction of sp³-hybridized carbons (Fsp3) is 0.857. The van der Waals surface area contributed by atoms with Crippen LogP contribution in [0.4, 0.5) is 0 Å². The van der Waals surface area contributed by atoms with Crippen LogP contribution in [0.15, 0.2) is 0 Å². The first-order chi connectivity index (χ1) is 5.57. The number of hydrogen-bond acceptors (Lipinski definition) is 4. The summed E-state index contributed by atoms with van der Waals surface area (Å²) in [4.78, 5) is 10.6. The van der Waals surface area contributed by atoms with Crippen molar-refractivity contribution in [2.24, 2.45) is 0 Å². The fourth-order valence-electron chi connectivity index (χ4n) is 0.791. The van der Waals surface area contributed by atoms with Crippen molar-refractivity contribution < 1.29 is 9.90 Å². The van der Waals surface area contributed by atoms with E-state index in [2.05, 4.69) is 5.43 Å². The maximum Gasteiger partial charge on any atom is 0.322 e. The highest BCUT2D eigenvalue weighted by molar-refractivity contribution is 7.98.